The van der Waals surface area contributed by atoms with E-state index in [1.54, 1.807) is 24.3 Å². The molecule has 2 heterocycles. The molecule has 2 saturated carbocycles. The number of amides is 1. The second-order valence-electron chi connectivity index (χ2n) is 12.0. The summed E-state index contributed by atoms with van der Waals surface area (Å²) in [5.41, 5.74) is -0.237. The zero-order valence-corrected chi connectivity index (χ0v) is 23.5. The molecule has 2 aromatic rings. The van der Waals surface area contributed by atoms with Crippen molar-refractivity contribution in [2.24, 2.45) is 5.92 Å². The molecule has 0 radical (unpaired) electrons. The fraction of sp³-hybridized carbons (Fsp3) is 0.548. The maximum Gasteiger partial charge on any atom is 0.237 e. The molecule has 5 nitrogen and oxygen atoms in total. The number of halogens is 3. The third-order valence-electron chi connectivity index (χ3n) is 9.93. The summed E-state index contributed by atoms with van der Waals surface area (Å²) in [4.78, 5) is 28.7. The zero-order valence-electron chi connectivity index (χ0n) is 21.9. The van der Waals surface area contributed by atoms with Crippen LogP contribution in [0.25, 0.3) is 0 Å². The molecular weight excluding hydrogens is 538 g/mol. The van der Waals surface area contributed by atoms with E-state index in [0.717, 1.165) is 44.1 Å². The molecule has 2 aliphatic carbocycles. The highest BCUT2D eigenvalue weighted by atomic mass is 35.5. The smallest absolute Gasteiger partial charge is 0.237 e. The average Bonchev–Trinajstić information content (AvgIpc) is 3.23. The second-order valence-corrected chi connectivity index (χ2v) is 12.9. The molecule has 0 aromatic heterocycles. The molecule has 3 atom stereocenters. The Morgan fingerprint density at radius 2 is 1.74 bits per heavy atom. The molecule has 4 aliphatic rings. The van der Waals surface area contributed by atoms with Gasteiger partial charge in [-0.25, -0.2) is 4.39 Å². The van der Waals surface area contributed by atoms with Crippen LogP contribution in [0.5, 0.6) is 0 Å². The topological polar surface area (TPSA) is 78.4 Å². The molecule has 6 rings (SSSR count). The zero-order chi connectivity index (χ0) is 27.4. The van der Waals surface area contributed by atoms with Crippen molar-refractivity contribution in [3.63, 3.8) is 0 Å². The van der Waals surface area contributed by atoms with E-state index in [4.69, 9.17) is 23.2 Å². The minimum Gasteiger partial charge on any atom is -0.393 e. The van der Waals surface area contributed by atoms with E-state index < -0.39 is 28.7 Å². The Morgan fingerprint density at radius 3 is 2.46 bits per heavy atom. The summed E-state index contributed by atoms with van der Waals surface area (Å²) in [7, 11) is 0. The van der Waals surface area contributed by atoms with Crippen LogP contribution in [0.15, 0.2) is 36.4 Å². The molecule has 2 aromatic carbocycles. The number of ketones is 1. The van der Waals surface area contributed by atoms with Gasteiger partial charge in [0.05, 0.1) is 17.2 Å². The fourth-order valence-electron chi connectivity index (χ4n) is 8.20. The Kier molecular flexibility index (Phi) is 7.28. The normalized spacial score (nSPS) is 31.7. The first-order valence-corrected chi connectivity index (χ1v) is 15.1. The molecule has 2 spiro atoms. The van der Waals surface area contributed by atoms with Crippen LogP contribution in [-0.4, -0.2) is 34.5 Å². The number of hydrogen-bond donors (Lipinski definition) is 3. The Bertz CT molecular complexity index is 1290. The van der Waals surface area contributed by atoms with Crippen LogP contribution in [0.4, 0.5) is 10.1 Å². The Morgan fingerprint density at radius 1 is 1.03 bits per heavy atom. The number of hydrogen-bond acceptors (Lipinski definition) is 4. The summed E-state index contributed by atoms with van der Waals surface area (Å²) in [5, 5.41) is 17.3. The van der Waals surface area contributed by atoms with E-state index in [1.165, 1.54) is 6.07 Å². The quantitative estimate of drug-likeness (QED) is 0.381. The lowest BCUT2D eigenvalue weighted by Crippen LogP contribution is -2.59. The third-order valence-corrected chi connectivity index (χ3v) is 10.5. The molecular formula is C31H35Cl2FN2O3. The maximum absolute atomic E-state index is 16.0. The van der Waals surface area contributed by atoms with E-state index in [9.17, 15) is 14.7 Å². The minimum atomic E-state index is -1.20. The summed E-state index contributed by atoms with van der Waals surface area (Å²) < 4.78 is 16.0. The van der Waals surface area contributed by atoms with E-state index in [-0.39, 0.29) is 28.7 Å². The van der Waals surface area contributed by atoms with E-state index in [2.05, 4.69) is 10.6 Å². The fourth-order valence-corrected chi connectivity index (χ4v) is 8.56. The predicted molar refractivity (Wildman–Crippen MR) is 151 cm³/mol. The standard InChI is InChI=1S/C31H35Cl2FN2O3/c32-19-10-13-22-24(17-19)35-29(39)31(22)26(21-6-5-7-23(33)27(21)34)28(36-30(31)14-3-1-2-4-15-30)25(38)16-18-8-11-20(37)12-9-18/h5-7,10,13,17-18,20,26,28,36-37H,1-4,8-9,11-12,14-16H2,(H,35,39)/t18?,20?,26-,28-,31+/m0/s1. The summed E-state index contributed by atoms with van der Waals surface area (Å²) in [6.45, 7) is 0. The first kappa shape index (κ1) is 27.2. The molecule has 0 bridgehead atoms. The number of aliphatic hydroxyl groups excluding tert-OH is 1. The molecule has 1 amide bonds. The van der Waals surface area contributed by atoms with Gasteiger partial charge in [-0.2, -0.15) is 0 Å². The van der Waals surface area contributed by atoms with Gasteiger partial charge in [0, 0.05) is 28.6 Å². The monoisotopic (exact) mass is 572 g/mol. The SMILES string of the molecule is O=C(CC1CCC(O)CC1)[C@@H]1NC2(CCCCCC2)[C@@]2(C(=O)Nc3cc(Cl)ccc32)[C@H]1c1cccc(Cl)c1F. The Labute approximate surface area is 238 Å². The number of aliphatic hydroxyl groups is 1. The number of Topliss-reactive ketones (excluding diaryl/α,β-unsaturated/α-hetero) is 1. The molecule has 8 heteroatoms. The minimum absolute atomic E-state index is 0.00326. The molecule has 2 aliphatic heterocycles. The summed E-state index contributed by atoms with van der Waals surface area (Å²) in [5.74, 6) is -1.41. The van der Waals surface area contributed by atoms with Crippen molar-refractivity contribution < 1.29 is 19.1 Å². The Balaban J connectivity index is 1.54. The van der Waals surface area contributed by atoms with Crippen molar-refractivity contribution in [2.45, 2.75) is 99.6 Å². The van der Waals surface area contributed by atoms with E-state index in [0.29, 0.717) is 48.4 Å². The van der Waals surface area contributed by atoms with Crippen LogP contribution >= 0.6 is 23.2 Å². The van der Waals surface area contributed by atoms with Crippen LogP contribution < -0.4 is 10.6 Å². The molecule has 0 unspecified atom stereocenters. The van der Waals surface area contributed by atoms with Gasteiger partial charge in [0.15, 0.2) is 5.78 Å². The Hall–Kier alpha value is -1.99. The third kappa shape index (κ3) is 4.34. The van der Waals surface area contributed by atoms with Crippen molar-refractivity contribution in [3.8, 4) is 0 Å². The highest BCUT2D eigenvalue weighted by Gasteiger charge is 2.72. The van der Waals surface area contributed by atoms with Gasteiger partial charge < -0.3 is 10.4 Å². The van der Waals surface area contributed by atoms with Gasteiger partial charge in [-0.15, -0.1) is 0 Å². The number of benzene rings is 2. The number of fused-ring (bicyclic) bond motifs is 3. The van der Waals surface area contributed by atoms with Crippen LogP contribution in [0.2, 0.25) is 10.0 Å². The van der Waals surface area contributed by atoms with Crippen LogP contribution in [0, 0.1) is 11.7 Å². The van der Waals surface area contributed by atoms with Gasteiger partial charge in [-0.3, -0.25) is 14.9 Å². The second kappa shape index (κ2) is 10.4. The lowest BCUT2D eigenvalue weighted by atomic mass is 9.57. The largest absolute Gasteiger partial charge is 0.393 e. The predicted octanol–water partition coefficient (Wildman–Crippen LogP) is 6.68. The van der Waals surface area contributed by atoms with Crippen molar-refractivity contribution in [1.29, 1.82) is 0 Å². The summed E-state index contributed by atoms with van der Waals surface area (Å²) in [6, 6.07) is 9.55. The van der Waals surface area contributed by atoms with Gasteiger partial charge >= 0.3 is 0 Å². The average molecular weight is 574 g/mol. The molecule has 1 saturated heterocycles. The van der Waals surface area contributed by atoms with Gasteiger partial charge in [0.1, 0.15) is 11.2 Å². The van der Waals surface area contributed by atoms with Crippen molar-refractivity contribution >= 4 is 40.6 Å². The van der Waals surface area contributed by atoms with Gasteiger partial charge in [0.25, 0.3) is 0 Å². The van der Waals surface area contributed by atoms with Gasteiger partial charge in [-0.05, 0) is 73.8 Å². The number of carbonyl (C=O) groups is 2. The summed E-state index contributed by atoms with van der Waals surface area (Å²) >= 11 is 12.7. The number of rotatable bonds is 4. The van der Waals surface area contributed by atoms with Crippen LogP contribution in [0.1, 0.15) is 87.7 Å². The summed E-state index contributed by atoms with van der Waals surface area (Å²) in [6.07, 6.45) is 8.32. The van der Waals surface area contributed by atoms with Crippen LogP contribution in [-0.2, 0) is 15.0 Å². The van der Waals surface area contributed by atoms with Crippen molar-refractivity contribution in [3.05, 3.63) is 63.4 Å². The van der Waals surface area contributed by atoms with Crippen LogP contribution in [0.3, 0.4) is 0 Å². The highest BCUT2D eigenvalue weighted by Crippen LogP contribution is 2.62. The molecule has 208 valence electrons. The number of anilines is 1. The molecule has 3 N–H and O–H groups in total. The lowest BCUT2D eigenvalue weighted by Gasteiger charge is -2.44. The van der Waals surface area contributed by atoms with E-state index >= 15 is 4.39 Å². The van der Waals surface area contributed by atoms with Crippen molar-refractivity contribution in [2.75, 3.05) is 5.32 Å². The van der Waals surface area contributed by atoms with Gasteiger partial charge in [-0.1, -0.05) is 67.1 Å². The first-order valence-electron chi connectivity index (χ1n) is 14.3. The lowest BCUT2D eigenvalue weighted by molar-refractivity contribution is -0.124. The van der Waals surface area contributed by atoms with Crippen molar-refractivity contribution in [1.82, 2.24) is 5.32 Å². The molecule has 3 fully saturated rings. The number of carbonyl (C=O) groups excluding carboxylic acids is 2. The maximum atomic E-state index is 16.0. The first-order chi connectivity index (χ1) is 18.8. The number of nitrogens with one attached hydrogen (secondary N) is 2. The molecule has 39 heavy (non-hydrogen) atoms. The van der Waals surface area contributed by atoms with E-state index in [1.807, 2.05) is 6.07 Å². The highest BCUT2D eigenvalue weighted by molar-refractivity contribution is 6.31. The van der Waals surface area contributed by atoms with Gasteiger partial charge in [0.2, 0.25) is 5.91 Å².